The van der Waals surface area contributed by atoms with Crippen LogP contribution in [-0.4, -0.2) is 33.2 Å². The highest BCUT2D eigenvalue weighted by Crippen LogP contribution is 2.50. The number of hydrogen-bond donors (Lipinski definition) is 3. The maximum Gasteiger partial charge on any atom is 0.356 e. The number of carboxylic acid groups (broad SMARTS) is 1. The number of rotatable bonds is 8. The fourth-order valence-electron chi connectivity index (χ4n) is 4.09. The molecule has 2 aliphatic rings. The highest BCUT2D eigenvalue weighted by Gasteiger charge is 2.44. The second kappa shape index (κ2) is 6.76. The Bertz CT molecular complexity index is 779. The van der Waals surface area contributed by atoms with E-state index in [9.17, 15) is 9.90 Å². The van der Waals surface area contributed by atoms with Crippen molar-refractivity contribution in [3.05, 3.63) is 36.3 Å². The second-order valence-electron chi connectivity index (χ2n) is 7.73. The van der Waals surface area contributed by atoms with Crippen molar-refractivity contribution in [3.8, 4) is 11.3 Å². The van der Waals surface area contributed by atoms with Crippen molar-refractivity contribution in [3.63, 3.8) is 0 Å². The third kappa shape index (κ3) is 3.46. The molecule has 0 spiro atoms. The lowest BCUT2D eigenvalue weighted by Gasteiger charge is -2.24. The molecule has 2 saturated carbocycles. The highest BCUT2D eigenvalue weighted by molar-refractivity contribution is 5.93. The molecule has 26 heavy (non-hydrogen) atoms. The Balaban J connectivity index is 1.42. The fourth-order valence-corrected chi connectivity index (χ4v) is 4.09. The Morgan fingerprint density at radius 2 is 1.88 bits per heavy atom. The number of aromatic carboxylic acids is 1. The first-order chi connectivity index (χ1) is 12.5. The van der Waals surface area contributed by atoms with Crippen LogP contribution in [0.15, 0.2) is 30.6 Å². The number of nitrogens with two attached hydrogens (primary N) is 1. The predicted octanol–water partition coefficient (Wildman–Crippen LogP) is 2.96. The van der Waals surface area contributed by atoms with Gasteiger partial charge >= 0.3 is 5.97 Å². The summed E-state index contributed by atoms with van der Waals surface area (Å²) >= 11 is 0. The molecule has 1 heterocycles. The molecule has 1 aromatic carbocycles. The molecule has 0 saturated heterocycles. The Labute approximate surface area is 153 Å². The lowest BCUT2D eigenvalue weighted by Crippen LogP contribution is -2.39. The summed E-state index contributed by atoms with van der Waals surface area (Å²) in [6.07, 6.45) is 6.92. The zero-order chi connectivity index (χ0) is 18.3. The molecule has 0 aliphatic heterocycles. The quantitative estimate of drug-likeness (QED) is 0.678. The first-order valence-corrected chi connectivity index (χ1v) is 9.39. The van der Waals surface area contributed by atoms with Gasteiger partial charge in [0, 0.05) is 30.9 Å². The van der Waals surface area contributed by atoms with Gasteiger partial charge in [-0.05, 0) is 55.6 Å². The number of benzene rings is 1. The molecule has 6 nitrogen and oxygen atoms in total. The molecule has 2 fully saturated rings. The number of hydrogen-bond acceptors (Lipinski definition) is 4. The van der Waals surface area contributed by atoms with E-state index in [2.05, 4.69) is 10.3 Å². The number of nitrogens with one attached hydrogen (secondary N) is 1. The Kier molecular flexibility index (Phi) is 4.44. The standard InChI is InChI=1S/C20H26N4O2/c1-24-11-23-18(20(25)26)19(24)14-6-8-15(9-7-14)22-10-16(21)17(12-2-3-12)13-4-5-13/h6-9,11-13,16-17,22H,2-5,10,21H2,1H3,(H,25,26)/t16-/m1/s1. The number of nitrogens with zero attached hydrogens (tertiary/aromatic N) is 2. The van der Waals surface area contributed by atoms with Crippen LogP contribution in [0, 0.1) is 17.8 Å². The molecule has 4 rings (SSSR count). The number of imidazole rings is 1. The molecule has 138 valence electrons. The van der Waals surface area contributed by atoms with Crippen LogP contribution in [0.25, 0.3) is 11.3 Å². The van der Waals surface area contributed by atoms with Gasteiger partial charge in [0.25, 0.3) is 0 Å². The minimum Gasteiger partial charge on any atom is -0.476 e. The van der Waals surface area contributed by atoms with E-state index in [1.165, 1.54) is 32.0 Å². The molecule has 0 bridgehead atoms. The van der Waals surface area contributed by atoms with Gasteiger partial charge in [-0.15, -0.1) is 0 Å². The van der Waals surface area contributed by atoms with E-state index in [0.717, 1.165) is 29.6 Å². The minimum atomic E-state index is -1.01. The van der Waals surface area contributed by atoms with Gasteiger partial charge in [-0.25, -0.2) is 9.78 Å². The predicted molar refractivity (Wildman–Crippen MR) is 101 cm³/mol. The molecular formula is C20H26N4O2. The summed E-state index contributed by atoms with van der Waals surface area (Å²) in [5.41, 5.74) is 9.03. The van der Waals surface area contributed by atoms with Crippen LogP contribution >= 0.6 is 0 Å². The summed E-state index contributed by atoms with van der Waals surface area (Å²) in [6.45, 7) is 0.781. The van der Waals surface area contributed by atoms with Crippen LogP contribution in [0.2, 0.25) is 0 Å². The first kappa shape index (κ1) is 17.1. The van der Waals surface area contributed by atoms with Crippen molar-refractivity contribution in [1.29, 1.82) is 0 Å². The van der Waals surface area contributed by atoms with Gasteiger partial charge in [0.15, 0.2) is 5.69 Å². The maximum atomic E-state index is 11.3. The lowest BCUT2D eigenvalue weighted by molar-refractivity contribution is 0.0692. The number of aryl methyl sites for hydroxylation is 1. The van der Waals surface area contributed by atoms with Gasteiger partial charge < -0.3 is 20.7 Å². The summed E-state index contributed by atoms with van der Waals surface area (Å²) in [5, 5.41) is 12.7. The summed E-state index contributed by atoms with van der Waals surface area (Å²) in [5.74, 6) is 1.36. The normalized spacial score (nSPS) is 18.1. The van der Waals surface area contributed by atoms with Gasteiger partial charge in [-0.2, -0.15) is 0 Å². The fraction of sp³-hybridized carbons (Fsp3) is 0.500. The topological polar surface area (TPSA) is 93.2 Å². The van der Waals surface area contributed by atoms with E-state index in [1.54, 1.807) is 11.6 Å². The molecule has 4 N–H and O–H groups in total. The van der Waals surface area contributed by atoms with Crippen molar-refractivity contribution < 1.29 is 9.90 Å². The van der Waals surface area contributed by atoms with Gasteiger partial charge in [0.2, 0.25) is 0 Å². The summed E-state index contributed by atoms with van der Waals surface area (Å²) in [6, 6.07) is 8.01. The summed E-state index contributed by atoms with van der Waals surface area (Å²) in [4.78, 5) is 15.3. The zero-order valence-electron chi connectivity index (χ0n) is 15.1. The number of carbonyl (C=O) groups is 1. The highest BCUT2D eigenvalue weighted by atomic mass is 16.4. The molecular weight excluding hydrogens is 328 g/mol. The van der Waals surface area contributed by atoms with Crippen molar-refractivity contribution in [2.24, 2.45) is 30.5 Å². The Morgan fingerprint density at radius 1 is 1.27 bits per heavy atom. The van der Waals surface area contributed by atoms with Crippen molar-refractivity contribution in [2.45, 2.75) is 31.7 Å². The first-order valence-electron chi connectivity index (χ1n) is 9.39. The van der Waals surface area contributed by atoms with Crippen LogP contribution in [0.5, 0.6) is 0 Å². The average molecular weight is 354 g/mol. The molecule has 0 unspecified atom stereocenters. The van der Waals surface area contributed by atoms with Crippen molar-refractivity contribution >= 4 is 11.7 Å². The molecule has 0 radical (unpaired) electrons. The van der Waals surface area contributed by atoms with E-state index in [4.69, 9.17) is 5.73 Å². The third-order valence-electron chi connectivity index (χ3n) is 5.67. The number of aromatic nitrogens is 2. The van der Waals surface area contributed by atoms with E-state index in [1.807, 2.05) is 24.3 Å². The summed E-state index contributed by atoms with van der Waals surface area (Å²) in [7, 11) is 1.80. The maximum absolute atomic E-state index is 11.3. The van der Waals surface area contributed by atoms with Gasteiger partial charge in [0.1, 0.15) is 0 Å². The van der Waals surface area contributed by atoms with Crippen LogP contribution in [0.1, 0.15) is 36.2 Å². The Hall–Kier alpha value is -2.34. The molecule has 0 amide bonds. The second-order valence-corrected chi connectivity index (χ2v) is 7.73. The molecule has 6 heteroatoms. The largest absolute Gasteiger partial charge is 0.476 e. The van der Waals surface area contributed by atoms with Gasteiger partial charge in [-0.3, -0.25) is 0 Å². The molecule has 2 aliphatic carbocycles. The molecule has 1 atom stereocenters. The smallest absolute Gasteiger partial charge is 0.356 e. The Morgan fingerprint density at radius 3 is 2.42 bits per heavy atom. The minimum absolute atomic E-state index is 0.0759. The van der Waals surface area contributed by atoms with Crippen molar-refractivity contribution in [2.75, 3.05) is 11.9 Å². The SMILES string of the molecule is Cn1cnc(C(=O)O)c1-c1ccc(NC[C@@H](N)C(C2CC2)C2CC2)cc1. The number of carboxylic acids is 1. The molecule has 1 aromatic heterocycles. The van der Waals surface area contributed by atoms with Crippen LogP contribution < -0.4 is 11.1 Å². The van der Waals surface area contributed by atoms with E-state index in [0.29, 0.717) is 11.6 Å². The van der Waals surface area contributed by atoms with Crippen LogP contribution in [0.3, 0.4) is 0 Å². The lowest BCUT2D eigenvalue weighted by atomic mass is 9.90. The third-order valence-corrected chi connectivity index (χ3v) is 5.67. The van der Waals surface area contributed by atoms with E-state index >= 15 is 0 Å². The molecule has 2 aromatic rings. The van der Waals surface area contributed by atoms with Crippen LogP contribution in [0.4, 0.5) is 5.69 Å². The average Bonchev–Trinajstić information content (AvgIpc) is 3.55. The van der Waals surface area contributed by atoms with Gasteiger partial charge in [0.05, 0.1) is 12.0 Å². The van der Waals surface area contributed by atoms with Crippen LogP contribution in [-0.2, 0) is 7.05 Å². The van der Waals surface area contributed by atoms with Gasteiger partial charge in [-0.1, -0.05) is 12.1 Å². The van der Waals surface area contributed by atoms with E-state index < -0.39 is 5.97 Å². The van der Waals surface area contributed by atoms with Crippen molar-refractivity contribution in [1.82, 2.24) is 9.55 Å². The number of anilines is 1. The summed E-state index contributed by atoms with van der Waals surface area (Å²) < 4.78 is 1.73. The zero-order valence-corrected chi connectivity index (χ0v) is 15.1. The monoisotopic (exact) mass is 354 g/mol. The van der Waals surface area contributed by atoms with E-state index in [-0.39, 0.29) is 11.7 Å².